The van der Waals surface area contributed by atoms with E-state index in [0.29, 0.717) is 13.2 Å². The van der Waals surface area contributed by atoms with Gasteiger partial charge in [0.05, 0.1) is 32.1 Å². The van der Waals surface area contributed by atoms with Crippen molar-refractivity contribution < 1.29 is 32.9 Å². The fourth-order valence-corrected chi connectivity index (χ4v) is 4.86. The van der Waals surface area contributed by atoms with Gasteiger partial charge in [-0.25, -0.2) is 0 Å². The van der Waals surface area contributed by atoms with Gasteiger partial charge < -0.3 is 28.4 Å². The Labute approximate surface area is 125 Å². The van der Waals surface area contributed by atoms with E-state index >= 15 is 0 Å². The van der Waals surface area contributed by atoms with E-state index < -0.39 is 25.8 Å². The number of rotatable bonds is 7. The Morgan fingerprint density at radius 2 is 1.81 bits per heavy atom. The van der Waals surface area contributed by atoms with Gasteiger partial charge in [0, 0.05) is 5.92 Å². The minimum Gasteiger partial charge on any atom is -0.394 e. The molecule has 0 aromatic carbocycles. The third-order valence-electron chi connectivity index (χ3n) is 3.56. The Morgan fingerprint density at radius 1 is 1.19 bits per heavy atom. The van der Waals surface area contributed by atoms with Gasteiger partial charge in [-0.1, -0.05) is 0 Å². The molecule has 0 aliphatic carbocycles. The summed E-state index contributed by atoms with van der Waals surface area (Å²) in [5.41, 5.74) is 0. The van der Waals surface area contributed by atoms with Crippen molar-refractivity contribution in [3.8, 4) is 0 Å². The zero-order chi connectivity index (χ0) is 15.7. The number of hydrogen-bond acceptors (Lipinski definition) is 7. The lowest BCUT2D eigenvalue weighted by atomic mass is 10.0. The van der Waals surface area contributed by atoms with Gasteiger partial charge >= 0.3 is 7.60 Å². The zero-order valence-corrected chi connectivity index (χ0v) is 13.9. The molecule has 2 saturated heterocycles. The van der Waals surface area contributed by atoms with Gasteiger partial charge in [0.15, 0.2) is 12.1 Å². The molecular weight excluding hydrogens is 299 g/mol. The van der Waals surface area contributed by atoms with E-state index in [-0.39, 0.29) is 24.8 Å². The van der Waals surface area contributed by atoms with E-state index in [0.717, 1.165) is 0 Å². The van der Waals surface area contributed by atoms with Crippen molar-refractivity contribution in [2.24, 2.45) is 5.92 Å². The van der Waals surface area contributed by atoms with Gasteiger partial charge in [-0.2, -0.15) is 0 Å². The van der Waals surface area contributed by atoms with Crippen LogP contribution in [-0.2, 0) is 27.8 Å². The van der Waals surface area contributed by atoms with E-state index in [2.05, 4.69) is 0 Å². The molecule has 2 rings (SSSR count). The van der Waals surface area contributed by atoms with Gasteiger partial charge in [-0.3, -0.25) is 4.57 Å². The Kier molecular flexibility index (Phi) is 5.47. The molecule has 0 radical (unpaired) electrons. The van der Waals surface area contributed by atoms with Crippen LogP contribution in [0.15, 0.2) is 0 Å². The van der Waals surface area contributed by atoms with Crippen LogP contribution in [0.2, 0.25) is 0 Å². The Balaban J connectivity index is 2.13. The molecule has 8 heteroatoms. The molecule has 0 aromatic heterocycles. The highest BCUT2D eigenvalue weighted by molar-refractivity contribution is 7.53. The first-order chi connectivity index (χ1) is 9.84. The normalized spacial score (nSPS) is 35.1. The van der Waals surface area contributed by atoms with Crippen LogP contribution < -0.4 is 0 Å². The lowest BCUT2D eigenvalue weighted by Crippen LogP contribution is -2.34. The minimum absolute atomic E-state index is 0.139. The summed E-state index contributed by atoms with van der Waals surface area (Å²) in [5, 5.41) is 9.47. The fraction of sp³-hybridized carbons (Fsp3) is 1.00. The minimum atomic E-state index is -3.24. The monoisotopic (exact) mass is 324 g/mol. The molecule has 0 saturated carbocycles. The number of aliphatic hydroxyl groups excluding tert-OH is 1. The zero-order valence-electron chi connectivity index (χ0n) is 13.0. The summed E-state index contributed by atoms with van der Waals surface area (Å²) in [6.07, 6.45) is -1.30. The highest BCUT2D eigenvalue weighted by atomic mass is 31.2. The van der Waals surface area contributed by atoms with Crippen molar-refractivity contribution in [1.29, 1.82) is 0 Å². The van der Waals surface area contributed by atoms with Crippen LogP contribution in [0.3, 0.4) is 0 Å². The van der Waals surface area contributed by atoms with Crippen molar-refractivity contribution in [3.05, 3.63) is 0 Å². The average molecular weight is 324 g/mol. The summed E-state index contributed by atoms with van der Waals surface area (Å²) in [5.74, 6) is -1.06. The van der Waals surface area contributed by atoms with Crippen molar-refractivity contribution in [3.63, 3.8) is 0 Å². The second-order valence-electron chi connectivity index (χ2n) is 5.62. The van der Waals surface area contributed by atoms with Gasteiger partial charge in [-0.15, -0.1) is 0 Å². The van der Waals surface area contributed by atoms with Crippen molar-refractivity contribution in [2.75, 3.05) is 26.0 Å². The summed E-state index contributed by atoms with van der Waals surface area (Å²) in [7, 11) is -3.24. The number of hydrogen-bond donors (Lipinski definition) is 1. The summed E-state index contributed by atoms with van der Waals surface area (Å²) in [4.78, 5) is 0. The highest BCUT2D eigenvalue weighted by Gasteiger charge is 2.56. The standard InChI is InChI=1S/C13H25O7P/c1-5-16-21(15,17-6-2)8-9-10(7-14)18-12-11(9)19-13(3,4)20-12/h9-12,14H,5-8H2,1-4H3/t9-,10-,11-,12-/m1/s1. The molecule has 2 aliphatic rings. The SMILES string of the molecule is CCOP(=O)(C[C@H]1[C@H]2OC(C)(C)O[C@H]2O[C@@H]1CO)OCC. The van der Waals surface area contributed by atoms with E-state index in [1.807, 2.05) is 0 Å². The first-order valence-electron chi connectivity index (χ1n) is 7.34. The molecule has 0 amide bonds. The Morgan fingerprint density at radius 3 is 2.33 bits per heavy atom. The molecule has 0 aromatic rings. The molecular formula is C13H25O7P. The van der Waals surface area contributed by atoms with Crippen molar-refractivity contribution in [2.45, 2.75) is 52.0 Å². The smallest absolute Gasteiger partial charge is 0.331 e. The lowest BCUT2D eigenvalue weighted by molar-refractivity contribution is -0.212. The summed E-state index contributed by atoms with van der Waals surface area (Å²) < 4.78 is 40.5. The van der Waals surface area contributed by atoms with Crippen LogP contribution >= 0.6 is 7.60 Å². The third kappa shape index (κ3) is 3.85. The topological polar surface area (TPSA) is 83.5 Å². The van der Waals surface area contributed by atoms with E-state index in [4.69, 9.17) is 23.3 Å². The first kappa shape index (κ1) is 17.3. The third-order valence-corrected chi connectivity index (χ3v) is 5.73. The second kappa shape index (κ2) is 6.62. The molecule has 4 atom stereocenters. The molecule has 0 unspecified atom stereocenters. The highest BCUT2D eigenvalue weighted by Crippen LogP contribution is 2.53. The molecule has 1 N–H and O–H groups in total. The molecule has 124 valence electrons. The first-order valence-corrected chi connectivity index (χ1v) is 9.07. The summed E-state index contributed by atoms with van der Waals surface area (Å²) in [6, 6.07) is 0. The Hall–Kier alpha value is -0.0100. The molecule has 0 spiro atoms. The maximum Gasteiger partial charge on any atom is 0.331 e. The average Bonchev–Trinajstić information content (AvgIpc) is 2.83. The molecule has 2 fully saturated rings. The van der Waals surface area contributed by atoms with E-state index in [1.165, 1.54) is 0 Å². The molecule has 7 nitrogen and oxygen atoms in total. The maximum atomic E-state index is 12.7. The molecule has 2 aliphatic heterocycles. The van der Waals surface area contributed by atoms with Crippen LogP contribution in [0.25, 0.3) is 0 Å². The number of aliphatic hydroxyl groups is 1. The van der Waals surface area contributed by atoms with Crippen LogP contribution in [0, 0.1) is 5.92 Å². The van der Waals surface area contributed by atoms with Gasteiger partial charge in [0.25, 0.3) is 0 Å². The maximum absolute atomic E-state index is 12.7. The second-order valence-corrected chi connectivity index (χ2v) is 7.72. The van der Waals surface area contributed by atoms with Crippen LogP contribution in [-0.4, -0.2) is 55.4 Å². The predicted molar refractivity (Wildman–Crippen MR) is 75.0 cm³/mol. The van der Waals surface area contributed by atoms with E-state index in [9.17, 15) is 9.67 Å². The number of ether oxygens (including phenoxy) is 3. The van der Waals surface area contributed by atoms with Gasteiger partial charge in [0.1, 0.15) is 6.10 Å². The Bertz CT molecular complexity index is 390. The number of fused-ring (bicyclic) bond motifs is 1. The van der Waals surface area contributed by atoms with E-state index in [1.54, 1.807) is 27.7 Å². The van der Waals surface area contributed by atoms with Gasteiger partial charge in [-0.05, 0) is 27.7 Å². The van der Waals surface area contributed by atoms with Crippen LogP contribution in [0.1, 0.15) is 27.7 Å². The van der Waals surface area contributed by atoms with Crippen LogP contribution in [0.4, 0.5) is 0 Å². The lowest BCUT2D eigenvalue weighted by Gasteiger charge is -2.27. The quantitative estimate of drug-likeness (QED) is 0.714. The molecule has 0 bridgehead atoms. The molecule has 2 heterocycles. The largest absolute Gasteiger partial charge is 0.394 e. The molecule has 21 heavy (non-hydrogen) atoms. The summed E-state index contributed by atoms with van der Waals surface area (Å²) in [6.45, 7) is 7.53. The predicted octanol–water partition coefficient (Wildman–Crippen LogP) is 1.74. The van der Waals surface area contributed by atoms with Crippen LogP contribution in [0.5, 0.6) is 0 Å². The fourth-order valence-electron chi connectivity index (χ4n) is 2.83. The van der Waals surface area contributed by atoms with Crippen molar-refractivity contribution >= 4 is 7.60 Å². The summed E-state index contributed by atoms with van der Waals surface area (Å²) >= 11 is 0. The van der Waals surface area contributed by atoms with Crippen molar-refractivity contribution in [1.82, 2.24) is 0 Å². The van der Waals surface area contributed by atoms with Gasteiger partial charge in [0.2, 0.25) is 0 Å².